The second kappa shape index (κ2) is 5.56. The molecule has 0 bridgehead atoms. The zero-order chi connectivity index (χ0) is 13.1. The van der Waals surface area contributed by atoms with Crippen LogP contribution in [0.2, 0.25) is 5.02 Å². The van der Waals surface area contributed by atoms with Crippen molar-refractivity contribution in [2.75, 3.05) is 25.5 Å². The molecule has 1 saturated heterocycles. The van der Waals surface area contributed by atoms with Gasteiger partial charge in [-0.2, -0.15) is 0 Å². The average Bonchev–Trinajstić information content (AvgIpc) is 2.77. The number of benzene rings is 1. The quantitative estimate of drug-likeness (QED) is 0.754. The molecule has 1 heterocycles. The third-order valence-corrected chi connectivity index (χ3v) is 3.32. The van der Waals surface area contributed by atoms with E-state index >= 15 is 0 Å². The number of β-amino-alcohol motifs (C(OH)–C–C–N with tert-alkyl or cyclic N) is 1. The van der Waals surface area contributed by atoms with E-state index < -0.39 is 6.10 Å². The van der Waals surface area contributed by atoms with Gasteiger partial charge in [-0.05, 0) is 24.3 Å². The molecule has 98 valence electrons. The minimum atomic E-state index is -0.522. The number of amides is 2. The molecule has 2 amide bonds. The summed E-state index contributed by atoms with van der Waals surface area (Å²) in [6.07, 6.45) is -0.522. The van der Waals surface area contributed by atoms with Crippen molar-refractivity contribution in [3.05, 3.63) is 29.3 Å². The van der Waals surface area contributed by atoms with Gasteiger partial charge >= 0.3 is 6.03 Å². The van der Waals surface area contributed by atoms with Crippen LogP contribution in [0.1, 0.15) is 0 Å². The maximum absolute atomic E-state index is 12.0. The van der Waals surface area contributed by atoms with E-state index in [2.05, 4.69) is 10.6 Å². The zero-order valence-electron chi connectivity index (χ0n) is 10.1. The average molecular weight is 270 g/mol. The number of aliphatic hydroxyl groups is 1. The lowest BCUT2D eigenvalue weighted by molar-refractivity contribution is 0.115. The summed E-state index contributed by atoms with van der Waals surface area (Å²) in [5.41, 5.74) is 0.677. The van der Waals surface area contributed by atoms with E-state index in [9.17, 15) is 9.90 Å². The topological polar surface area (TPSA) is 64.6 Å². The van der Waals surface area contributed by atoms with E-state index in [-0.39, 0.29) is 12.1 Å². The first kappa shape index (κ1) is 13.1. The SMILES string of the molecule is CN(C(=O)Nc1ccc(Cl)cc1)[C@H]1CNC[C@@H]1O. The first-order valence-electron chi connectivity index (χ1n) is 5.76. The summed E-state index contributed by atoms with van der Waals surface area (Å²) < 4.78 is 0. The van der Waals surface area contributed by atoms with E-state index in [1.165, 1.54) is 4.90 Å². The Bertz CT molecular complexity index is 424. The van der Waals surface area contributed by atoms with Gasteiger partial charge in [0.15, 0.2) is 0 Å². The summed E-state index contributed by atoms with van der Waals surface area (Å²) >= 11 is 5.77. The largest absolute Gasteiger partial charge is 0.390 e. The third-order valence-electron chi connectivity index (χ3n) is 3.06. The van der Waals surface area contributed by atoms with E-state index in [4.69, 9.17) is 11.6 Å². The van der Waals surface area contributed by atoms with Crippen molar-refractivity contribution < 1.29 is 9.90 Å². The number of hydrogen-bond donors (Lipinski definition) is 3. The molecule has 1 aromatic carbocycles. The van der Waals surface area contributed by atoms with Gasteiger partial charge in [-0.3, -0.25) is 0 Å². The molecule has 0 radical (unpaired) electrons. The third kappa shape index (κ3) is 2.93. The highest BCUT2D eigenvalue weighted by Gasteiger charge is 2.31. The van der Waals surface area contributed by atoms with E-state index in [0.29, 0.717) is 23.8 Å². The number of halogens is 1. The monoisotopic (exact) mass is 269 g/mol. The fraction of sp³-hybridized carbons (Fsp3) is 0.417. The maximum Gasteiger partial charge on any atom is 0.321 e. The minimum Gasteiger partial charge on any atom is -0.390 e. The number of anilines is 1. The molecule has 18 heavy (non-hydrogen) atoms. The molecule has 1 fully saturated rings. The van der Waals surface area contributed by atoms with Crippen LogP contribution in [-0.2, 0) is 0 Å². The molecule has 0 aliphatic carbocycles. The fourth-order valence-corrected chi connectivity index (χ4v) is 2.07. The van der Waals surface area contributed by atoms with Gasteiger partial charge in [-0.25, -0.2) is 4.79 Å². The van der Waals surface area contributed by atoms with E-state index in [1.54, 1.807) is 31.3 Å². The predicted octanol–water partition coefficient (Wildman–Crippen LogP) is 1.14. The van der Waals surface area contributed by atoms with Gasteiger partial charge in [0.1, 0.15) is 0 Å². The van der Waals surface area contributed by atoms with Crippen LogP contribution in [-0.4, -0.2) is 48.3 Å². The van der Waals surface area contributed by atoms with Crippen molar-refractivity contribution in [2.45, 2.75) is 12.1 Å². The molecule has 1 aliphatic heterocycles. The minimum absolute atomic E-state index is 0.197. The van der Waals surface area contributed by atoms with Crippen LogP contribution < -0.4 is 10.6 Å². The molecule has 6 heteroatoms. The molecule has 0 aromatic heterocycles. The Morgan fingerprint density at radius 2 is 2.11 bits per heavy atom. The van der Waals surface area contributed by atoms with Crippen molar-refractivity contribution in [1.82, 2.24) is 10.2 Å². The van der Waals surface area contributed by atoms with Crippen molar-refractivity contribution in [1.29, 1.82) is 0 Å². The Labute approximate surface area is 111 Å². The molecule has 2 atom stereocenters. The van der Waals surface area contributed by atoms with Crippen LogP contribution in [0.5, 0.6) is 0 Å². The summed E-state index contributed by atoms with van der Waals surface area (Å²) in [5, 5.41) is 16.1. The lowest BCUT2D eigenvalue weighted by Crippen LogP contribution is -2.46. The number of carbonyl (C=O) groups is 1. The molecular weight excluding hydrogens is 254 g/mol. The van der Waals surface area contributed by atoms with Crippen LogP contribution in [0.25, 0.3) is 0 Å². The highest BCUT2D eigenvalue weighted by atomic mass is 35.5. The Morgan fingerprint density at radius 1 is 1.44 bits per heavy atom. The predicted molar refractivity (Wildman–Crippen MR) is 70.9 cm³/mol. The first-order valence-corrected chi connectivity index (χ1v) is 6.14. The molecule has 0 spiro atoms. The molecule has 3 N–H and O–H groups in total. The van der Waals surface area contributed by atoms with Crippen LogP contribution >= 0.6 is 11.6 Å². The number of hydrogen-bond acceptors (Lipinski definition) is 3. The Kier molecular flexibility index (Phi) is 4.06. The summed E-state index contributed by atoms with van der Waals surface area (Å²) in [6.45, 7) is 1.12. The second-order valence-corrected chi connectivity index (χ2v) is 4.78. The van der Waals surface area contributed by atoms with Gasteiger partial charge in [-0.1, -0.05) is 11.6 Å². The van der Waals surface area contributed by atoms with Crippen molar-refractivity contribution in [3.63, 3.8) is 0 Å². The van der Waals surface area contributed by atoms with Crippen molar-refractivity contribution >= 4 is 23.3 Å². The lowest BCUT2D eigenvalue weighted by atomic mass is 10.2. The Hall–Kier alpha value is -1.30. The van der Waals surface area contributed by atoms with Gasteiger partial charge in [0.05, 0.1) is 12.1 Å². The van der Waals surface area contributed by atoms with Crippen LogP contribution in [0.15, 0.2) is 24.3 Å². The normalized spacial score (nSPS) is 22.8. The summed E-state index contributed by atoms with van der Waals surface area (Å²) in [6, 6.07) is 6.45. The van der Waals surface area contributed by atoms with Gasteiger partial charge in [0, 0.05) is 30.8 Å². The first-order chi connectivity index (χ1) is 8.58. The Balaban J connectivity index is 1.97. The fourth-order valence-electron chi connectivity index (χ4n) is 1.94. The number of nitrogens with one attached hydrogen (secondary N) is 2. The van der Waals surface area contributed by atoms with Gasteiger partial charge in [-0.15, -0.1) is 0 Å². The van der Waals surface area contributed by atoms with Crippen LogP contribution in [0.3, 0.4) is 0 Å². The summed E-state index contributed by atoms with van der Waals surface area (Å²) in [7, 11) is 1.67. The Morgan fingerprint density at radius 3 is 2.67 bits per heavy atom. The van der Waals surface area contributed by atoms with Gasteiger partial charge < -0.3 is 20.6 Å². The molecule has 5 nitrogen and oxygen atoms in total. The number of likely N-dealkylation sites (N-methyl/N-ethyl adjacent to an activating group) is 1. The highest BCUT2D eigenvalue weighted by molar-refractivity contribution is 6.30. The van der Waals surface area contributed by atoms with E-state index in [0.717, 1.165) is 0 Å². The molecule has 1 aliphatic rings. The van der Waals surface area contributed by atoms with Crippen molar-refractivity contribution in [3.8, 4) is 0 Å². The lowest BCUT2D eigenvalue weighted by Gasteiger charge is -2.26. The standard InChI is InChI=1S/C12H16ClN3O2/c1-16(10-6-14-7-11(10)17)12(18)15-9-4-2-8(13)3-5-9/h2-5,10-11,14,17H,6-7H2,1H3,(H,15,18)/t10-,11-/m0/s1. The van der Waals surface area contributed by atoms with Gasteiger partial charge in [0.2, 0.25) is 0 Å². The smallest absolute Gasteiger partial charge is 0.321 e. The van der Waals surface area contributed by atoms with Crippen molar-refractivity contribution in [2.24, 2.45) is 0 Å². The number of urea groups is 1. The molecule has 1 aromatic rings. The maximum atomic E-state index is 12.0. The van der Waals surface area contributed by atoms with E-state index in [1.807, 2.05) is 0 Å². The number of carbonyl (C=O) groups excluding carboxylic acids is 1. The van der Waals surface area contributed by atoms with Crippen LogP contribution in [0, 0.1) is 0 Å². The number of rotatable bonds is 2. The summed E-state index contributed by atoms with van der Waals surface area (Å²) in [5.74, 6) is 0. The number of nitrogens with zero attached hydrogens (tertiary/aromatic N) is 1. The highest BCUT2D eigenvalue weighted by Crippen LogP contribution is 2.15. The molecule has 2 rings (SSSR count). The van der Waals surface area contributed by atoms with Crippen LogP contribution in [0.4, 0.5) is 10.5 Å². The second-order valence-electron chi connectivity index (χ2n) is 4.34. The van der Waals surface area contributed by atoms with Gasteiger partial charge in [0.25, 0.3) is 0 Å². The molecule has 0 saturated carbocycles. The summed E-state index contributed by atoms with van der Waals surface area (Å²) in [4.78, 5) is 13.5. The molecule has 0 unspecified atom stereocenters. The number of aliphatic hydroxyl groups excluding tert-OH is 1. The molecular formula is C12H16ClN3O2. The zero-order valence-corrected chi connectivity index (χ0v) is 10.8.